The second kappa shape index (κ2) is 14.4. The lowest BCUT2D eigenvalue weighted by molar-refractivity contribution is 0.0272. The number of nitrogens with zero attached hydrogens (tertiary/aromatic N) is 6. The van der Waals surface area contributed by atoms with Crippen LogP contribution in [0, 0.1) is 24.5 Å². The van der Waals surface area contributed by atoms with Gasteiger partial charge in [0.05, 0.1) is 31.1 Å². The van der Waals surface area contributed by atoms with Gasteiger partial charge in [0.2, 0.25) is 0 Å². The third-order valence-electron chi connectivity index (χ3n) is 10.2. The number of aromatic nitrogens is 3. The molecule has 53 heavy (non-hydrogen) atoms. The molecular formula is C41H48F2N6O4. The van der Waals surface area contributed by atoms with Crippen molar-refractivity contribution in [2.45, 2.75) is 72.4 Å². The molecule has 3 aromatic heterocycles. The maximum atomic E-state index is 17.3. The molecule has 0 radical (unpaired) electrons. The van der Waals surface area contributed by atoms with Gasteiger partial charge in [-0.05, 0) is 83.1 Å². The number of piperazine rings is 1. The maximum Gasteiger partial charge on any atom is 0.410 e. The molecule has 0 unspecified atom stereocenters. The fourth-order valence-electron chi connectivity index (χ4n) is 7.46. The van der Waals surface area contributed by atoms with E-state index in [0.717, 1.165) is 52.6 Å². The first-order valence-electron chi connectivity index (χ1n) is 18.6. The molecule has 1 aliphatic carbocycles. The van der Waals surface area contributed by atoms with Crippen LogP contribution in [0.1, 0.15) is 74.4 Å². The van der Waals surface area contributed by atoms with Crippen molar-refractivity contribution in [1.29, 1.82) is 0 Å². The van der Waals surface area contributed by atoms with Crippen LogP contribution in [0.2, 0.25) is 0 Å². The number of aryl methyl sites for hydroxylation is 2. The molecule has 5 heterocycles. The maximum absolute atomic E-state index is 17.3. The number of ether oxygens (including phenoxy) is 2. The molecule has 0 spiro atoms. The summed E-state index contributed by atoms with van der Waals surface area (Å²) in [6, 6.07) is 8.89. The number of rotatable bonds is 8. The van der Waals surface area contributed by atoms with Crippen molar-refractivity contribution in [1.82, 2.24) is 24.3 Å². The summed E-state index contributed by atoms with van der Waals surface area (Å²) in [4.78, 5) is 42.1. The Morgan fingerprint density at radius 1 is 0.981 bits per heavy atom. The largest absolute Gasteiger partial charge is 0.493 e. The molecule has 12 heteroatoms. The Labute approximate surface area is 309 Å². The van der Waals surface area contributed by atoms with Crippen LogP contribution < -0.4 is 9.64 Å². The van der Waals surface area contributed by atoms with Crippen molar-refractivity contribution >= 4 is 34.3 Å². The van der Waals surface area contributed by atoms with Crippen LogP contribution in [0.5, 0.6) is 5.75 Å². The number of benzene rings is 1. The van der Waals surface area contributed by atoms with Gasteiger partial charge in [-0.25, -0.2) is 18.6 Å². The fraction of sp³-hybridized carbons (Fsp3) is 0.463. The molecule has 280 valence electrons. The average Bonchev–Trinajstić information content (AvgIpc) is 3.92. The molecule has 1 saturated carbocycles. The number of halogens is 2. The summed E-state index contributed by atoms with van der Waals surface area (Å²) in [7, 11) is 1.48. The number of anilines is 1. The highest BCUT2D eigenvalue weighted by molar-refractivity contribution is 6.05. The normalized spacial score (nSPS) is 16.6. The molecule has 2 amide bonds. The van der Waals surface area contributed by atoms with Crippen LogP contribution in [0.15, 0.2) is 42.6 Å². The van der Waals surface area contributed by atoms with Crippen LogP contribution in [0.25, 0.3) is 27.6 Å². The van der Waals surface area contributed by atoms with E-state index in [9.17, 15) is 14.0 Å². The number of methoxy groups -OCH3 is 1. The molecule has 7 rings (SSSR count). The summed E-state index contributed by atoms with van der Waals surface area (Å²) in [5.41, 5.74) is 5.05. The third-order valence-corrected chi connectivity index (χ3v) is 10.2. The van der Waals surface area contributed by atoms with E-state index < -0.39 is 23.3 Å². The van der Waals surface area contributed by atoms with Crippen LogP contribution in [-0.4, -0.2) is 88.3 Å². The Morgan fingerprint density at radius 3 is 2.42 bits per heavy atom. The van der Waals surface area contributed by atoms with E-state index in [1.54, 1.807) is 15.9 Å². The number of hydrogen-bond donors (Lipinski definition) is 0. The van der Waals surface area contributed by atoms with Crippen LogP contribution in [0.4, 0.5) is 19.4 Å². The van der Waals surface area contributed by atoms with E-state index >= 15 is 4.39 Å². The molecule has 3 aliphatic rings. The van der Waals surface area contributed by atoms with E-state index in [4.69, 9.17) is 14.5 Å². The smallest absolute Gasteiger partial charge is 0.410 e. The molecule has 10 nitrogen and oxygen atoms in total. The molecule has 0 atom stereocenters. The highest BCUT2D eigenvalue weighted by atomic mass is 19.1. The Morgan fingerprint density at radius 2 is 1.74 bits per heavy atom. The van der Waals surface area contributed by atoms with E-state index in [1.165, 1.54) is 13.2 Å². The van der Waals surface area contributed by atoms with Gasteiger partial charge in [0.15, 0.2) is 17.4 Å². The van der Waals surface area contributed by atoms with Crippen LogP contribution in [-0.2, 0) is 17.7 Å². The first kappa shape index (κ1) is 36.4. The zero-order chi connectivity index (χ0) is 37.6. The van der Waals surface area contributed by atoms with E-state index in [-0.39, 0.29) is 12.5 Å². The summed E-state index contributed by atoms with van der Waals surface area (Å²) in [6.45, 7) is 12.6. The molecule has 2 aliphatic heterocycles. The minimum absolute atomic E-state index is 0.200. The van der Waals surface area contributed by atoms with Gasteiger partial charge in [-0.1, -0.05) is 19.1 Å². The monoisotopic (exact) mass is 726 g/mol. The van der Waals surface area contributed by atoms with Crippen LogP contribution >= 0.6 is 0 Å². The first-order chi connectivity index (χ1) is 25.3. The Balaban J connectivity index is 1.31. The predicted molar refractivity (Wildman–Crippen MR) is 201 cm³/mol. The molecule has 1 saturated heterocycles. The van der Waals surface area contributed by atoms with Gasteiger partial charge in [-0.3, -0.25) is 9.78 Å². The number of carbonyl (C=O) groups excluding carboxylic acids is 2. The van der Waals surface area contributed by atoms with Gasteiger partial charge in [0, 0.05) is 78.8 Å². The third kappa shape index (κ3) is 7.45. The minimum atomic E-state index is -0.654. The fourth-order valence-corrected chi connectivity index (χ4v) is 7.46. The number of amides is 2. The lowest BCUT2D eigenvalue weighted by Gasteiger charge is -2.36. The Bertz CT molecular complexity index is 2090. The number of hydrogen-bond acceptors (Lipinski definition) is 7. The van der Waals surface area contributed by atoms with Gasteiger partial charge >= 0.3 is 6.09 Å². The molecule has 4 aromatic rings. The number of carbonyl (C=O) groups is 2. The second-order valence-corrected chi connectivity index (χ2v) is 15.3. The van der Waals surface area contributed by atoms with Crippen molar-refractivity contribution in [3.05, 3.63) is 76.9 Å². The summed E-state index contributed by atoms with van der Waals surface area (Å²) < 4.78 is 44.3. The SMILES string of the molecule is CCc1nc(C)ccc1-c1cc(C(=O)N2CCN(c3ncc(F)cc3OC)CC2)cc2c(F)c(C3=CCCN(C(=O)OC(C)(C)C)C3)n(CC3CC3)c12. The first-order valence-corrected chi connectivity index (χ1v) is 18.6. The lowest BCUT2D eigenvalue weighted by Crippen LogP contribution is -2.49. The Hall–Kier alpha value is -5.00. The summed E-state index contributed by atoms with van der Waals surface area (Å²) in [6.07, 6.45) is 6.13. The minimum Gasteiger partial charge on any atom is -0.493 e. The van der Waals surface area contributed by atoms with Crippen molar-refractivity contribution in [3.63, 3.8) is 0 Å². The van der Waals surface area contributed by atoms with E-state index in [0.29, 0.717) is 86.2 Å². The summed E-state index contributed by atoms with van der Waals surface area (Å²) in [5.74, 6) is 0.193. The van der Waals surface area contributed by atoms with Gasteiger partial charge in [0.25, 0.3) is 5.91 Å². The van der Waals surface area contributed by atoms with Gasteiger partial charge in [-0.15, -0.1) is 0 Å². The zero-order valence-electron chi connectivity index (χ0n) is 31.5. The van der Waals surface area contributed by atoms with Crippen molar-refractivity contribution < 1.29 is 27.8 Å². The molecule has 0 N–H and O–H groups in total. The standard InChI is InChI=1S/C41H48F2N6O4/c1-7-33-30(13-10-25(2)45-33)31-19-28(39(50)47-17-15-46(16-18-47)38-34(52-6)21-29(42)22-44-38)20-32-35(43)36(49(37(31)32)23-26-11-12-26)27-9-8-14-48(24-27)40(51)53-41(3,4)5/h9-10,13,19-22,26H,7-8,11-12,14-18,23-24H2,1-6H3. The average molecular weight is 727 g/mol. The predicted octanol–water partition coefficient (Wildman–Crippen LogP) is 7.65. The highest BCUT2D eigenvalue weighted by Crippen LogP contribution is 2.42. The number of fused-ring (bicyclic) bond motifs is 1. The Kier molecular flexibility index (Phi) is 9.90. The van der Waals surface area contributed by atoms with E-state index in [2.05, 4.69) is 16.5 Å². The summed E-state index contributed by atoms with van der Waals surface area (Å²) in [5, 5.41) is 0.373. The quantitative estimate of drug-likeness (QED) is 0.184. The van der Waals surface area contributed by atoms with E-state index in [1.807, 2.05) is 56.9 Å². The zero-order valence-corrected chi connectivity index (χ0v) is 31.5. The summed E-state index contributed by atoms with van der Waals surface area (Å²) >= 11 is 0. The van der Waals surface area contributed by atoms with Gasteiger partial charge in [-0.2, -0.15) is 0 Å². The lowest BCUT2D eigenvalue weighted by atomic mass is 9.96. The molecule has 2 fully saturated rings. The van der Waals surface area contributed by atoms with Gasteiger partial charge in [0.1, 0.15) is 11.4 Å². The highest BCUT2D eigenvalue weighted by Gasteiger charge is 2.33. The molecular weight excluding hydrogens is 678 g/mol. The topological polar surface area (TPSA) is 93.0 Å². The van der Waals surface area contributed by atoms with Crippen molar-refractivity contribution in [2.75, 3.05) is 51.3 Å². The number of pyridine rings is 2. The van der Waals surface area contributed by atoms with Crippen molar-refractivity contribution in [3.8, 4) is 16.9 Å². The van der Waals surface area contributed by atoms with Crippen molar-refractivity contribution in [2.24, 2.45) is 5.92 Å². The van der Waals surface area contributed by atoms with Crippen LogP contribution in [0.3, 0.4) is 0 Å². The second-order valence-electron chi connectivity index (χ2n) is 15.3. The van der Waals surface area contributed by atoms with Gasteiger partial charge < -0.3 is 28.7 Å². The molecule has 1 aromatic carbocycles. The molecule has 0 bridgehead atoms.